The minimum atomic E-state index is -0.505. The number of fused-ring (bicyclic) bond motifs is 1. The summed E-state index contributed by atoms with van der Waals surface area (Å²) in [5.74, 6) is 0.446. The molecule has 31 heavy (non-hydrogen) atoms. The van der Waals surface area contributed by atoms with Crippen molar-refractivity contribution in [2.24, 2.45) is 5.92 Å². The van der Waals surface area contributed by atoms with Crippen molar-refractivity contribution in [2.75, 3.05) is 40.4 Å². The average Bonchev–Trinajstić information content (AvgIpc) is 3.51. The Hall–Kier alpha value is -2.35. The lowest BCUT2D eigenvalue weighted by atomic mass is 10.1. The Labute approximate surface area is 183 Å². The molecular weight excluding hydrogens is 398 g/mol. The summed E-state index contributed by atoms with van der Waals surface area (Å²) in [6.45, 7) is 2.88. The predicted octanol–water partition coefficient (Wildman–Crippen LogP) is 1.68. The number of ether oxygens (including phenoxy) is 2. The Morgan fingerprint density at radius 1 is 1.13 bits per heavy atom. The molecule has 1 aromatic heterocycles. The second-order valence-electron chi connectivity index (χ2n) is 9.00. The second-order valence-corrected chi connectivity index (χ2v) is 9.00. The van der Waals surface area contributed by atoms with E-state index in [2.05, 4.69) is 11.9 Å². The van der Waals surface area contributed by atoms with Crippen molar-refractivity contribution in [3.63, 3.8) is 0 Å². The lowest BCUT2D eigenvalue weighted by Crippen LogP contribution is -2.34. The fraction of sp³-hybridized carbons (Fsp3) is 0.696. The van der Waals surface area contributed by atoms with Gasteiger partial charge in [-0.2, -0.15) is 0 Å². The maximum atomic E-state index is 12.9. The average molecular weight is 432 g/mol. The third kappa shape index (κ3) is 4.95. The van der Waals surface area contributed by atoms with Crippen molar-refractivity contribution in [1.82, 2.24) is 14.4 Å². The van der Waals surface area contributed by atoms with Crippen LogP contribution in [0.2, 0.25) is 0 Å². The molecule has 3 heterocycles. The molecule has 0 spiro atoms. The van der Waals surface area contributed by atoms with E-state index in [1.807, 2.05) is 4.90 Å². The SMILES string of the molecule is COC(=O)c1c(OCC[C@H]2CCCN2C)cc(=O)n2c1CCN(C(=O)CC1CC1)CC2. The van der Waals surface area contributed by atoms with Crippen molar-refractivity contribution in [2.45, 2.75) is 57.5 Å². The molecule has 0 N–H and O–H groups in total. The summed E-state index contributed by atoms with van der Waals surface area (Å²) in [5, 5.41) is 0. The van der Waals surface area contributed by atoms with Crippen LogP contribution in [0, 0.1) is 5.92 Å². The van der Waals surface area contributed by atoms with Crippen LogP contribution in [-0.2, 0) is 22.5 Å². The van der Waals surface area contributed by atoms with Gasteiger partial charge in [-0.25, -0.2) is 4.79 Å². The van der Waals surface area contributed by atoms with E-state index in [1.54, 1.807) is 4.57 Å². The van der Waals surface area contributed by atoms with E-state index in [4.69, 9.17) is 9.47 Å². The van der Waals surface area contributed by atoms with E-state index in [0.29, 0.717) is 68.0 Å². The highest BCUT2D eigenvalue weighted by molar-refractivity contribution is 5.93. The minimum Gasteiger partial charge on any atom is -0.492 e. The first-order chi connectivity index (χ1) is 15.0. The van der Waals surface area contributed by atoms with E-state index in [0.717, 1.165) is 32.2 Å². The van der Waals surface area contributed by atoms with Crippen LogP contribution in [0.3, 0.4) is 0 Å². The quantitative estimate of drug-likeness (QED) is 0.611. The van der Waals surface area contributed by atoms with Crippen LogP contribution >= 0.6 is 0 Å². The highest BCUT2D eigenvalue weighted by atomic mass is 16.5. The number of hydrogen-bond acceptors (Lipinski definition) is 6. The normalized spacial score (nSPS) is 21.5. The monoisotopic (exact) mass is 431 g/mol. The zero-order valence-electron chi connectivity index (χ0n) is 18.6. The van der Waals surface area contributed by atoms with Crippen molar-refractivity contribution < 1.29 is 19.1 Å². The smallest absolute Gasteiger partial charge is 0.343 e. The zero-order valence-corrected chi connectivity index (χ0v) is 18.6. The van der Waals surface area contributed by atoms with Gasteiger partial charge in [0.15, 0.2) is 0 Å². The highest BCUT2D eigenvalue weighted by Crippen LogP contribution is 2.33. The second kappa shape index (κ2) is 9.42. The third-order valence-electron chi connectivity index (χ3n) is 6.88. The summed E-state index contributed by atoms with van der Waals surface area (Å²) in [4.78, 5) is 42.3. The molecule has 1 amide bonds. The van der Waals surface area contributed by atoms with Crippen LogP contribution in [0.15, 0.2) is 10.9 Å². The number of aromatic nitrogens is 1. The van der Waals surface area contributed by atoms with E-state index in [9.17, 15) is 14.4 Å². The zero-order chi connectivity index (χ0) is 22.0. The first-order valence-corrected chi connectivity index (χ1v) is 11.4. The molecule has 0 aromatic carbocycles. The predicted molar refractivity (Wildman–Crippen MR) is 115 cm³/mol. The van der Waals surface area contributed by atoms with Crippen molar-refractivity contribution in [3.05, 3.63) is 27.7 Å². The molecule has 170 valence electrons. The molecule has 1 saturated heterocycles. The minimum absolute atomic E-state index is 0.139. The number of methoxy groups -OCH3 is 1. The topological polar surface area (TPSA) is 81.1 Å². The van der Waals surface area contributed by atoms with Crippen molar-refractivity contribution >= 4 is 11.9 Å². The molecule has 2 fully saturated rings. The molecule has 8 nitrogen and oxygen atoms in total. The molecule has 1 saturated carbocycles. The number of carbonyl (C=O) groups excluding carboxylic acids is 2. The highest BCUT2D eigenvalue weighted by Gasteiger charge is 2.30. The molecule has 4 rings (SSSR count). The maximum absolute atomic E-state index is 12.9. The number of esters is 1. The molecule has 8 heteroatoms. The van der Waals surface area contributed by atoms with Crippen molar-refractivity contribution in [1.29, 1.82) is 0 Å². The van der Waals surface area contributed by atoms with Crippen molar-refractivity contribution in [3.8, 4) is 5.75 Å². The molecule has 0 bridgehead atoms. The number of carbonyl (C=O) groups is 2. The maximum Gasteiger partial charge on any atom is 0.343 e. The standard InChI is InChI=1S/C23H33N3O5/c1-24-9-3-4-17(24)8-13-31-19-15-21(28)26-12-11-25(20(27)14-16-5-6-16)10-7-18(26)22(19)23(29)30-2/h15-17H,3-14H2,1-2H3/t17-/m1/s1. The first kappa shape index (κ1) is 21.9. The lowest BCUT2D eigenvalue weighted by Gasteiger charge is -2.21. The fourth-order valence-electron chi connectivity index (χ4n) is 4.78. The van der Waals surface area contributed by atoms with Gasteiger partial charge in [-0.1, -0.05) is 0 Å². The Bertz CT molecular complexity index is 892. The van der Waals surface area contributed by atoms with Gasteiger partial charge in [0.25, 0.3) is 5.56 Å². The van der Waals surface area contributed by atoms with Crippen LogP contribution in [0.5, 0.6) is 5.75 Å². The van der Waals surface area contributed by atoms with Gasteiger partial charge in [0.05, 0.1) is 13.7 Å². The molecule has 0 unspecified atom stereocenters. The largest absolute Gasteiger partial charge is 0.492 e. The van der Waals surface area contributed by atoms with Crippen LogP contribution in [0.25, 0.3) is 0 Å². The Kier molecular flexibility index (Phi) is 6.65. The molecule has 1 aromatic rings. The van der Waals surface area contributed by atoms with Gasteiger partial charge in [0.2, 0.25) is 5.91 Å². The van der Waals surface area contributed by atoms with E-state index in [-0.39, 0.29) is 11.5 Å². The van der Waals surface area contributed by atoms with E-state index < -0.39 is 5.97 Å². The summed E-state index contributed by atoms with van der Waals surface area (Å²) in [7, 11) is 3.45. The Balaban J connectivity index is 1.53. The molecule has 0 radical (unpaired) electrons. The summed E-state index contributed by atoms with van der Waals surface area (Å²) in [6, 6.07) is 1.87. The van der Waals surface area contributed by atoms with Gasteiger partial charge in [-0.3, -0.25) is 9.59 Å². The van der Waals surface area contributed by atoms with Gasteiger partial charge in [-0.05, 0) is 51.6 Å². The molecule has 2 aliphatic heterocycles. The molecular formula is C23H33N3O5. The summed E-state index contributed by atoms with van der Waals surface area (Å²) in [6.07, 6.45) is 6.44. The Morgan fingerprint density at radius 2 is 1.94 bits per heavy atom. The van der Waals surface area contributed by atoms with E-state index >= 15 is 0 Å². The number of amides is 1. The van der Waals surface area contributed by atoms with E-state index in [1.165, 1.54) is 19.6 Å². The lowest BCUT2D eigenvalue weighted by molar-refractivity contribution is -0.131. The van der Waals surface area contributed by atoms with Gasteiger partial charge in [0.1, 0.15) is 11.3 Å². The summed E-state index contributed by atoms with van der Waals surface area (Å²) < 4.78 is 12.6. The summed E-state index contributed by atoms with van der Waals surface area (Å²) in [5.41, 5.74) is 0.722. The van der Waals surface area contributed by atoms with Crippen LogP contribution in [-0.4, -0.2) is 72.7 Å². The van der Waals surface area contributed by atoms with Crippen LogP contribution < -0.4 is 10.3 Å². The number of hydrogen-bond donors (Lipinski definition) is 0. The van der Waals surface area contributed by atoms with Gasteiger partial charge < -0.3 is 23.8 Å². The third-order valence-corrected chi connectivity index (χ3v) is 6.88. The van der Waals surface area contributed by atoms with Gasteiger partial charge in [0, 0.05) is 50.3 Å². The number of nitrogens with zero attached hydrogens (tertiary/aromatic N) is 3. The molecule has 3 aliphatic rings. The molecule has 1 atom stereocenters. The summed E-state index contributed by atoms with van der Waals surface area (Å²) >= 11 is 0. The first-order valence-electron chi connectivity index (χ1n) is 11.4. The fourth-order valence-corrected chi connectivity index (χ4v) is 4.78. The van der Waals surface area contributed by atoms with Gasteiger partial charge >= 0.3 is 5.97 Å². The van der Waals surface area contributed by atoms with Crippen LogP contribution in [0.4, 0.5) is 0 Å². The van der Waals surface area contributed by atoms with Gasteiger partial charge in [-0.15, -0.1) is 0 Å². The van der Waals surface area contributed by atoms with Crippen LogP contribution in [0.1, 0.15) is 54.6 Å². The Morgan fingerprint density at radius 3 is 2.61 bits per heavy atom. The number of rotatable bonds is 7. The number of likely N-dealkylation sites (tertiary alicyclic amines) is 1. The molecule has 1 aliphatic carbocycles. The number of pyridine rings is 1.